The van der Waals surface area contributed by atoms with Gasteiger partial charge in [-0.1, -0.05) is 42.5 Å². The van der Waals surface area contributed by atoms with Crippen molar-refractivity contribution in [2.45, 2.75) is 50.7 Å². The molecular weight excluding hydrogens is 386 g/mol. The van der Waals surface area contributed by atoms with Gasteiger partial charge in [0.25, 0.3) is 0 Å². The Bertz CT molecular complexity index is 1080. The highest BCUT2D eigenvalue weighted by atomic mass is 16.5. The molecule has 3 aromatic rings. The van der Waals surface area contributed by atoms with Crippen molar-refractivity contribution in [3.8, 4) is 17.2 Å². The minimum absolute atomic E-state index is 0.209. The highest BCUT2D eigenvalue weighted by Gasteiger charge is 2.50. The first-order valence-corrected chi connectivity index (χ1v) is 11.4. The van der Waals surface area contributed by atoms with Gasteiger partial charge in [0.2, 0.25) is 5.75 Å². The predicted molar refractivity (Wildman–Crippen MR) is 126 cm³/mol. The lowest BCUT2D eigenvalue weighted by molar-refractivity contribution is 0.0277. The van der Waals surface area contributed by atoms with Crippen LogP contribution in [0.5, 0.6) is 17.2 Å². The topological polar surface area (TPSA) is 30.9 Å². The van der Waals surface area contributed by atoms with Gasteiger partial charge in [-0.05, 0) is 50.1 Å². The lowest BCUT2D eigenvalue weighted by Gasteiger charge is -2.48. The summed E-state index contributed by atoms with van der Waals surface area (Å²) in [6, 6.07) is 19.7. The summed E-state index contributed by atoms with van der Waals surface area (Å²) in [5.41, 5.74) is 2.28. The van der Waals surface area contributed by atoms with E-state index in [1.54, 1.807) is 14.2 Å². The monoisotopic (exact) mass is 417 g/mol. The number of hydrogen-bond donors (Lipinski definition) is 0. The quantitative estimate of drug-likeness (QED) is 0.509. The lowest BCUT2D eigenvalue weighted by Crippen LogP contribution is -2.58. The first-order chi connectivity index (χ1) is 15.2. The molecule has 1 saturated carbocycles. The molecular formula is C27H31NO3. The lowest BCUT2D eigenvalue weighted by atomic mass is 9.82. The zero-order chi connectivity index (χ0) is 21.4. The van der Waals surface area contributed by atoms with Gasteiger partial charge in [-0.3, -0.25) is 0 Å². The molecule has 1 unspecified atom stereocenters. The van der Waals surface area contributed by atoms with Crippen LogP contribution in [0, 0.1) is 0 Å². The minimum atomic E-state index is -0.209. The van der Waals surface area contributed by atoms with Gasteiger partial charge in [0.05, 0.1) is 20.3 Å². The molecule has 4 heteroatoms. The summed E-state index contributed by atoms with van der Waals surface area (Å²) in [6.45, 7) is 3.20. The Hall–Kier alpha value is -2.88. The largest absolute Gasteiger partial charge is 0.493 e. The number of rotatable bonds is 5. The molecule has 1 aliphatic heterocycles. The van der Waals surface area contributed by atoms with Gasteiger partial charge >= 0.3 is 0 Å². The second-order valence-electron chi connectivity index (χ2n) is 8.67. The van der Waals surface area contributed by atoms with Crippen molar-refractivity contribution in [3.63, 3.8) is 0 Å². The van der Waals surface area contributed by atoms with Crippen LogP contribution in [0.4, 0.5) is 5.69 Å². The van der Waals surface area contributed by atoms with E-state index < -0.39 is 0 Å². The van der Waals surface area contributed by atoms with Crippen LogP contribution >= 0.6 is 0 Å². The summed E-state index contributed by atoms with van der Waals surface area (Å²) in [6.07, 6.45) is 5.47. The van der Waals surface area contributed by atoms with Crippen LogP contribution in [0.3, 0.4) is 0 Å². The van der Waals surface area contributed by atoms with Gasteiger partial charge < -0.3 is 19.1 Å². The molecule has 5 rings (SSSR count). The predicted octanol–water partition coefficient (Wildman–Crippen LogP) is 6.00. The summed E-state index contributed by atoms with van der Waals surface area (Å²) < 4.78 is 18.2. The van der Waals surface area contributed by atoms with Crippen LogP contribution in [-0.4, -0.2) is 32.4 Å². The molecule has 0 bridgehead atoms. The molecule has 0 radical (unpaired) electrons. The van der Waals surface area contributed by atoms with Gasteiger partial charge in [-0.25, -0.2) is 0 Å². The number of benzene rings is 3. The highest BCUT2D eigenvalue weighted by Crippen LogP contribution is 2.51. The average molecular weight is 418 g/mol. The van der Waals surface area contributed by atoms with Crippen molar-refractivity contribution >= 4 is 16.5 Å². The van der Waals surface area contributed by atoms with Crippen molar-refractivity contribution in [3.05, 3.63) is 60.2 Å². The molecule has 1 aliphatic carbocycles. The molecule has 1 heterocycles. The minimum Gasteiger partial charge on any atom is -0.493 e. The Morgan fingerprint density at radius 3 is 2.48 bits per heavy atom. The second-order valence-corrected chi connectivity index (χ2v) is 8.67. The Kier molecular flexibility index (Phi) is 5.17. The van der Waals surface area contributed by atoms with Gasteiger partial charge in [0.1, 0.15) is 5.60 Å². The van der Waals surface area contributed by atoms with Gasteiger partial charge in [-0.2, -0.15) is 0 Å². The Labute approximate surface area is 184 Å². The summed E-state index contributed by atoms with van der Waals surface area (Å²) in [4.78, 5) is 2.58. The zero-order valence-corrected chi connectivity index (χ0v) is 18.7. The van der Waals surface area contributed by atoms with Crippen molar-refractivity contribution in [1.29, 1.82) is 0 Å². The van der Waals surface area contributed by atoms with E-state index in [-0.39, 0.29) is 11.6 Å². The standard InChI is InChI=1S/C27H31NO3/c1-4-28(22-13-9-11-19-10-5-6-12-21(19)22)24-18-20-14-15-23(29-2)26(30-3)25(20)31-27(24)16-7-8-17-27/h5-6,9-15,24H,4,7-8,16-18H2,1-3H3. The van der Waals surface area contributed by atoms with Crippen LogP contribution in [0.2, 0.25) is 0 Å². The Balaban J connectivity index is 1.64. The number of ether oxygens (including phenoxy) is 3. The molecule has 1 spiro atoms. The molecule has 0 saturated heterocycles. The number of methoxy groups -OCH3 is 2. The van der Waals surface area contributed by atoms with Gasteiger partial charge in [0.15, 0.2) is 11.5 Å². The van der Waals surface area contributed by atoms with Gasteiger partial charge in [-0.15, -0.1) is 0 Å². The number of hydrogen-bond acceptors (Lipinski definition) is 4. The number of nitrogens with zero attached hydrogens (tertiary/aromatic N) is 1. The first-order valence-electron chi connectivity index (χ1n) is 11.4. The smallest absolute Gasteiger partial charge is 0.203 e. The second kappa shape index (κ2) is 7.99. The summed E-state index contributed by atoms with van der Waals surface area (Å²) in [7, 11) is 3.38. The third-order valence-electron chi connectivity index (χ3n) is 7.15. The molecule has 162 valence electrons. The van der Waals surface area contributed by atoms with Crippen molar-refractivity contribution in [2.24, 2.45) is 0 Å². The van der Waals surface area contributed by atoms with E-state index in [0.717, 1.165) is 43.1 Å². The Morgan fingerprint density at radius 2 is 1.74 bits per heavy atom. The fourth-order valence-corrected chi connectivity index (χ4v) is 5.70. The Morgan fingerprint density at radius 1 is 0.968 bits per heavy atom. The number of likely N-dealkylation sites (N-methyl/N-ethyl adjacent to an activating group) is 1. The van der Waals surface area contributed by atoms with E-state index in [4.69, 9.17) is 14.2 Å². The molecule has 3 aromatic carbocycles. The van der Waals surface area contributed by atoms with E-state index >= 15 is 0 Å². The molecule has 0 aromatic heterocycles. The normalized spacial score (nSPS) is 19.1. The third-order valence-corrected chi connectivity index (χ3v) is 7.15. The first kappa shape index (κ1) is 20.0. The molecule has 2 aliphatic rings. The van der Waals surface area contributed by atoms with E-state index in [9.17, 15) is 0 Å². The molecule has 1 fully saturated rings. The maximum atomic E-state index is 6.93. The maximum absolute atomic E-state index is 6.93. The van der Waals surface area contributed by atoms with Crippen LogP contribution in [-0.2, 0) is 6.42 Å². The van der Waals surface area contributed by atoms with Crippen molar-refractivity contribution < 1.29 is 14.2 Å². The SMILES string of the molecule is CCN(c1cccc2ccccc12)C1Cc2ccc(OC)c(OC)c2OC12CCCC2. The molecule has 0 amide bonds. The highest BCUT2D eigenvalue weighted by molar-refractivity contribution is 5.94. The molecule has 0 N–H and O–H groups in total. The molecule has 1 atom stereocenters. The van der Waals surface area contributed by atoms with E-state index in [0.29, 0.717) is 0 Å². The zero-order valence-electron chi connectivity index (χ0n) is 18.7. The molecule has 4 nitrogen and oxygen atoms in total. The van der Waals surface area contributed by atoms with Gasteiger partial charge in [0, 0.05) is 29.6 Å². The maximum Gasteiger partial charge on any atom is 0.203 e. The van der Waals surface area contributed by atoms with Crippen LogP contribution in [0.1, 0.15) is 38.2 Å². The number of fused-ring (bicyclic) bond motifs is 2. The summed E-state index contributed by atoms with van der Waals surface area (Å²) in [5, 5.41) is 2.58. The van der Waals surface area contributed by atoms with Crippen LogP contribution < -0.4 is 19.1 Å². The fraction of sp³-hybridized carbons (Fsp3) is 0.407. The molecule has 31 heavy (non-hydrogen) atoms. The van der Waals surface area contributed by atoms with Crippen LogP contribution in [0.15, 0.2) is 54.6 Å². The summed E-state index contributed by atoms with van der Waals surface area (Å²) in [5.74, 6) is 2.32. The average Bonchev–Trinajstić information content (AvgIpc) is 3.28. The van der Waals surface area contributed by atoms with E-state index in [1.807, 2.05) is 6.07 Å². The third kappa shape index (κ3) is 3.20. The fourth-order valence-electron chi connectivity index (χ4n) is 5.70. The number of anilines is 1. The van der Waals surface area contributed by atoms with E-state index in [1.165, 1.54) is 34.9 Å². The van der Waals surface area contributed by atoms with Crippen molar-refractivity contribution in [2.75, 3.05) is 25.7 Å². The van der Waals surface area contributed by atoms with Crippen LogP contribution in [0.25, 0.3) is 10.8 Å². The summed E-state index contributed by atoms with van der Waals surface area (Å²) >= 11 is 0. The van der Waals surface area contributed by atoms with E-state index in [2.05, 4.69) is 60.4 Å². The van der Waals surface area contributed by atoms with Crippen molar-refractivity contribution in [1.82, 2.24) is 0 Å².